The summed E-state index contributed by atoms with van der Waals surface area (Å²) in [4.78, 5) is 16.0. The Hall–Kier alpha value is -2.15. The zero-order valence-corrected chi connectivity index (χ0v) is 14.2. The molecular weight excluding hydrogens is 313 g/mol. The van der Waals surface area contributed by atoms with Crippen molar-refractivity contribution in [1.29, 1.82) is 0 Å². The second-order valence-electron chi connectivity index (χ2n) is 7.01. The van der Waals surface area contributed by atoms with E-state index < -0.39 is 5.60 Å². The van der Waals surface area contributed by atoms with E-state index in [2.05, 4.69) is 10.1 Å². The summed E-state index contributed by atoms with van der Waals surface area (Å²) in [6.07, 6.45) is -0.274. The number of benzene rings is 1. The lowest BCUT2D eigenvalue weighted by Crippen LogP contribution is -2.49. The van der Waals surface area contributed by atoms with Crippen molar-refractivity contribution in [1.82, 2.24) is 15.0 Å². The highest BCUT2D eigenvalue weighted by Crippen LogP contribution is 2.21. The number of amides is 1. The maximum absolute atomic E-state index is 13.2. The van der Waals surface area contributed by atoms with Crippen LogP contribution in [0.2, 0.25) is 0 Å². The number of piperazine rings is 1. The van der Waals surface area contributed by atoms with Gasteiger partial charge < -0.3 is 14.2 Å². The van der Waals surface area contributed by atoms with E-state index in [1.165, 1.54) is 12.1 Å². The maximum Gasteiger partial charge on any atom is 0.410 e. The SMILES string of the molecule is CC(C)(C)OC(=O)N1CCN(Cc2noc3cc(F)ccc23)CC1. The molecule has 0 bridgehead atoms. The summed E-state index contributed by atoms with van der Waals surface area (Å²) in [7, 11) is 0. The zero-order chi connectivity index (χ0) is 17.3. The van der Waals surface area contributed by atoms with Gasteiger partial charge in [0.1, 0.15) is 17.1 Å². The van der Waals surface area contributed by atoms with Gasteiger partial charge in [-0.05, 0) is 32.9 Å². The summed E-state index contributed by atoms with van der Waals surface area (Å²) < 4.78 is 23.8. The van der Waals surface area contributed by atoms with E-state index in [-0.39, 0.29) is 11.9 Å². The molecule has 1 amide bonds. The standard InChI is InChI=1S/C17H22FN3O3/c1-17(2,3)23-16(22)21-8-6-20(7-9-21)11-14-13-5-4-12(18)10-15(13)24-19-14/h4-5,10H,6-9,11H2,1-3H3. The van der Waals surface area contributed by atoms with Crippen LogP contribution in [0.1, 0.15) is 26.5 Å². The molecule has 24 heavy (non-hydrogen) atoms. The van der Waals surface area contributed by atoms with Crippen LogP contribution in [0.5, 0.6) is 0 Å². The number of carbonyl (C=O) groups is 1. The third kappa shape index (κ3) is 3.84. The minimum atomic E-state index is -0.483. The Balaban J connectivity index is 1.58. The third-order valence-electron chi connectivity index (χ3n) is 3.91. The maximum atomic E-state index is 13.2. The molecule has 0 unspecified atom stereocenters. The summed E-state index contributed by atoms with van der Waals surface area (Å²) in [6.45, 7) is 8.88. The van der Waals surface area contributed by atoms with Crippen molar-refractivity contribution in [2.24, 2.45) is 0 Å². The van der Waals surface area contributed by atoms with Crippen LogP contribution < -0.4 is 0 Å². The van der Waals surface area contributed by atoms with E-state index in [4.69, 9.17) is 9.26 Å². The Bertz CT molecular complexity index is 730. The quantitative estimate of drug-likeness (QED) is 0.844. The highest BCUT2D eigenvalue weighted by molar-refractivity contribution is 5.79. The molecule has 0 N–H and O–H groups in total. The molecule has 1 aliphatic heterocycles. The summed E-state index contributed by atoms with van der Waals surface area (Å²) >= 11 is 0. The van der Waals surface area contributed by atoms with Crippen LogP contribution in [0.3, 0.4) is 0 Å². The molecule has 6 nitrogen and oxygen atoms in total. The van der Waals surface area contributed by atoms with Gasteiger partial charge in [0.2, 0.25) is 0 Å². The number of aromatic nitrogens is 1. The molecule has 0 radical (unpaired) electrons. The highest BCUT2D eigenvalue weighted by Gasteiger charge is 2.26. The van der Waals surface area contributed by atoms with Gasteiger partial charge in [-0.25, -0.2) is 9.18 Å². The fourth-order valence-electron chi connectivity index (χ4n) is 2.70. The van der Waals surface area contributed by atoms with Gasteiger partial charge in [0.15, 0.2) is 5.58 Å². The van der Waals surface area contributed by atoms with E-state index in [9.17, 15) is 9.18 Å². The van der Waals surface area contributed by atoms with Crippen molar-refractivity contribution in [2.75, 3.05) is 26.2 Å². The molecular formula is C17H22FN3O3. The van der Waals surface area contributed by atoms with Crippen LogP contribution in [-0.4, -0.2) is 52.8 Å². The molecule has 130 valence electrons. The fraction of sp³-hybridized carbons (Fsp3) is 0.529. The molecule has 1 saturated heterocycles. The number of nitrogens with zero attached hydrogens (tertiary/aromatic N) is 3. The second kappa shape index (κ2) is 6.39. The minimum Gasteiger partial charge on any atom is -0.444 e. The van der Waals surface area contributed by atoms with Gasteiger partial charge in [-0.3, -0.25) is 4.90 Å². The van der Waals surface area contributed by atoms with Gasteiger partial charge in [0, 0.05) is 44.2 Å². The molecule has 1 aromatic heterocycles. The number of rotatable bonds is 2. The number of fused-ring (bicyclic) bond motifs is 1. The normalized spacial score (nSPS) is 16.6. The first-order valence-electron chi connectivity index (χ1n) is 8.06. The Morgan fingerprint density at radius 1 is 1.29 bits per heavy atom. The topological polar surface area (TPSA) is 58.8 Å². The Morgan fingerprint density at radius 3 is 2.67 bits per heavy atom. The molecule has 0 saturated carbocycles. The van der Waals surface area contributed by atoms with Gasteiger partial charge in [-0.15, -0.1) is 0 Å². The predicted octanol–water partition coefficient (Wildman–Crippen LogP) is 3.02. The van der Waals surface area contributed by atoms with Gasteiger partial charge in [-0.2, -0.15) is 0 Å². The summed E-state index contributed by atoms with van der Waals surface area (Å²) in [5.41, 5.74) is 0.761. The number of halogens is 1. The van der Waals surface area contributed by atoms with Gasteiger partial charge in [0.25, 0.3) is 0 Å². The summed E-state index contributed by atoms with van der Waals surface area (Å²) in [5.74, 6) is -0.337. The average molecular weight is 335 g/mol. The van der Waals surface area contributed by atoms with E-state index >= 15 is 0 Å². The molecule has 0 atom stereocenters. The molecule has 1 fully saturated rings. The van der Waals surface area contributed by atoms with Crippen molar-refractivity contribution in [3.63, 3.8) is 0 Å². The van der Waals surface area contributed by atoms with Gasteiger partial charge in [0.05, 0.1) is 0 Å². The number of ether oxygens (including phenoxy) is 1. The van der Waals surface area contributed by atoms with Crippen LogP contribution in [0.25, 0.3) is 11.0 Å². The van der Waals surface area contributed by atoms with E-state index in [0.717, 1.165) is 24.2 Å². The fourth-order valence-corrected chi connectivity index (χ4v) is 2.70. The molecule has 0 spiro atoms. The van der Waals surface area contributed by atoms with Crippen molar-refractivity contribution in [3.8, 4) is 0 Å². The first-order valence-corrected chi connectivity index (χ1v) is 8.06. The highest BCUT2D eigenvalue weighted by atomic mass is 19.1. The zero-order valence-electron chi connectivity index (χ0n) is 14.2. The minimum absolute atomic E-state index is 0.274. The van der Waals surface area contributed by atoms with Crippen LogP contribution in [0.15, 0.2) is 22.7 Å². The van der Waals surface area contributed by atoms with E-state index in [1.807, 2.05) is 20.8 Å². The van der Waals surface area contributed by atoms with Crippen molar-refractivity contribution in [3.05, 3.63) is 29.7 Å². The molecule has 1 aliphatic rings. The summed E-state index contributed by atoms with van der Waals surface area (Å²) in [5, 5.41) is 4.87. The van der Waals surface area contributed by atoms with Crippen LogP contribution in [0.4, 0.5) is 9.18 Å². The van der Waals surface area contributed by atoms with Crippen molar-refractivity contribution in [2.45, 2.75) is 32.9 Å². The van der Waals surface area contributed by atoms with Crippen molar-refractivity contribution >= 4 is 17.1 Å². The number of hydrogen-bond acceptors (Lipinski definition) is 5. The number of hydrogen-bond donors (Lipinski definition) is 0. The Labute approximate surface area is 140 Å². The lowest BCUT2D eigenvalue weighted by atomic mass is 10.2. The molecule has 3 rings (SSSR count). The monoisotopic (exact) mass is 335 g/mol. The molecule has 1 aromatic carbocycles. The average Bonchev–Trinajstić information content (AvgIpc) is 2.88. The van der Waals surface area contributed by atoms with Crippen molar-refractivity contribution < 1.29 is 18.4 Å². The molecule has 2 aromatic rings. The van der Waals surface area contributed by atoms with Crippen LogP contribution in [-0.2, 0) is 11.3 Å². The second-order valence-corrected chi connectivity index (χ2v) is 7.01. The predicted molar refractivity (Wildman–Crippen MR) is 87.1 cm³/mol. The molecule has 7 heteroatoms. The smallest absolute Gasteiger partial charge is 0.410 e. The first-order chi connectivity index (χ1) is 11.3. The Kier molecular flexibility index (Phi) is 4.45. The van der Waals surface area contributed by atoms with E-state index in [1.54, 1.807) is 11.0 Å². The molecule has 2 heterocycles. The van der Waals surface area contributed by atoms with Crippen LogP contribution in [0, 0.1) is 5.82 Å². The van der Waals surface area contributed by atoms with Gasteiger partial charge >= 0.3 is 6.09 Å². The molecule has 0 aliphatic carbocycles. The lowest BCUT2D eigenvalue weighted by molar-refractivity contribution is 0.0137. The lowest BCUT2D eigenvalue weighted by Gasteiger charge is -2.35. The largest absolute Gasteiger partial charge is 0.444 e. The third-order valence-corrected chi connectivity index (χ3v) is 3.91. The number of carbonyl (C=O) groups excluding carboxylic acids is 1. The van der Waals surface area contributed by atoms with Crippen LogP contribution >= 0.6 is 0 Å². The van der Waals surface area contributed by atoms with E-state index in [0.29, 0.717) is 25.2 Å². The van der Waals surface area contributed by atoms with Gasteiger partial charge in [-0.1, -0.05) is 5.16 Å². The summed E-state index contributed by atoms with van der Waals surface area (Å²) in [6, 6.07) is 4.43. The first kappa shape index (κ1) is 16.7. The Morgan fingerprint density at radius 2 is 2.00 bits per heavy atom.